The van der Waals surface area contributed by atoms with Gasteiger partial charge in [0.2, 0.25) is 0 Å². The van der Waals surface area contributed by atoms with Crippen molar-refractivity contribution >= 4 is 5.78 Å². The molecule has 0 heterocycles. The zero-order chi connectivity index (χ0) is 13.6. The molecular formula is C13H15F3O2. The molecule has 0 unspecified atom stereocenters. The van der Waals surface area contributed by atoms with Crippen molar-refractivity contribution in [1.29, 1.82) is 0 Å². The highest BCUT2D eigenvalue weighted by Crippen LogP contribution is 2.23. The molecule has 2 nitrogen and oxygen atoms in total. The first-order valence-electron chi connectivity index (χ1n) is 5.77. The SMILES string of the molecule is CCC(=O)CCCc1ccc(OC(F)(F)F)cc1. The van der Waals surface area contributed by atoms with Gasteiger partial charge in [0.05, 0.1) is 0 Å². The maximum Gasteiger partial charge on any atom is 0.573 e. The Morgan fingerprint density at radius 3 is 2.33 bits per heavy atom. The molecule has 0 fully saturated rings. The van der Waals surface area contributed by atoms with E-state index in [-0.39, 0.29) is 11.5 Å². The first kappa shape index (κ1) is 14.5. The Morgan fingerprint density at radius 1 is 1.22 bits per heavy atom. The monoisotopic (exact) mass is 260 g/mol. The predicted molar refractivity (Wildman–Crippen MR) is 61.4 cm³/mol. The number of hydrogen-bond acceptors (Lipinski definition) is 2. The van der Waals surface area contributed by atoms with Crippen LogP contribution in [0, 0.1) is 0 Å². The van der Waals surface area contributed by atoms with Crippen LogP contribution < -0.4 is 4.74 Å². The van der Waals surface area contributed by atoms with E-state index in [1.807, 2.05) is 6.92 Å². The van der Waals surface area contributed by atoms with Gasteiger partial charge in [-0.25, -0.2) is 0 Å². The summed E-state index contributed by atoms with van der Waals surface area (Å²) in [5.74, 6) is -0.0251. The molecule has 1 aromatic carbocycles. The lowest BCUT2D eigenvalue weighted by molar-refractivity contribution is -0.274. The van der Waals surface area contributed by atoms with Gasteiger partial charge in [0.15, 0.2) is 0 Å². The quantitative estimate of drug-likeness (QED) is 0.775. The summed E-state index contributed by atoms with van der Waals surface area (Å²) in [7, 11) is 0. The zero-order valence-electron chi connectivity index (χ0n) is 10.1. The molecule has 0 bridgehead atoms. The van der Waals surface area contributed by atoms with E-state index in [9.17, 15) is 18.0 Å². The molecule has 0 N–H and O–H groups in total. The lowest BCUT2D eigenvalue weighted by Gasteiger charge is -2.09. The van der Waals surface area contributed by atoms with Crippen LogP contribution in [0.3, 0.4) is 0 Å². The van der Waals surface area contributed by atoms with Crippen LogP contribution in [0.1, 0.15) is 31.7 Å². The van der Waals surface area contributed by atoms with Crippen molar-refractivity contribution in [1.82, 2.24) is 0 Å². The van der Waals surface area contributed by atoms with Crippen molar-refractivity contribution in [2.24, 2.45) is 0 Å². The topological polar surface area (TPSA) is 26.3 Å². The van der Waals surface area contributed by atoms with Gasteiger partial charge in [0.1, 0.15) is 11.5 Å². The van der Waals surface area contributed by atoms with E-state index in [1.165, 1.54) is 12.1 Å². The number of ketones is 1. The fourth-order valence-corrected chi connectivity index (χ4v) is 1.52. The van der Waals surface area contributed by atoms with E-state index in [0.717, 1.165) is 5.56 Å². The van der Waals surface area contributed by atoms with Crippen LogP contribution in [0.2, 0.25) is 0 Å². The van der Waals surface area contributed by atoms with E-state index in [1.54, 1.807) is 12.1 Å². The van der Waals surface area contributed by atoms with Crippen molar-refractivity contribution in [3.05, 3.63) is 29.8 Å². The number of rotatable bonds is 6. The maximum absolute atomic E-state index is 11.9. The molecule has 0 aliphatic rings. The molecule has 0 aliphatic heterocycles. The van der Waals surface area contributed by atoms with Crippen LogP contribution in [0.5, 0.6) is 5.75 Å². The lowest BCUT2D eigenvalue weighted by atomic mass is 10.1. The van der Waals surface area contributed by atoms with Gasteiger partial charge in [-0.05, 0) is 30.5 Å². The third-order valence-electron chi connectivity index (χ3n) is 2.47. The van der Waals surface area contributed by atoms with Gasteiger partial charge in [-0.15, -0.1) is 13.2 Å². The first-order chi connectivity index (χ1) is 8.40. The average Bonchev–Trinajstić information content (AvgIpc) is 2.29. The molecule has 0 saturated carbocycles. The number of hydrogen-bond donors (Lipinski definition) is 0. The molecule has 0 saturated heterocycles. The highest BCUT2D eigenvalue weighted by Gasteiger charge is 2.30. The lowest BCUT2D eigenvalue weighted by Crippen LogP contribution is -2.17. The van der Waals surface area contributed by atoms with Crippen molar-refractivity contribution in [2.45, 2.75) is 39.0 Å². The van der Waals surface area contributed by atoms with Crippen molar-refractivity contribution in [3.8, 4) is 5.75 Å². The average molecular weight is 260 g/mol. The van der Waals surface area contributed by atoms with E-state index in [4.69, 9.17) is 0 Å². The summed E-state index contributed by atoms with van der Waals surface area (Å²) in [6.45, 7) is 1.81. The Labute approximate surface area is 104 Å². The predicted octanol–water partition coefficient (Wildman–Crippen LogP) is 3.89. The summed E-state index contributed by atoms with van der Waals surface area (Å²) < 4.78 is 39.5. The second-order valence-corrected chi connectivity index (χ2v) is 3.94. The summed E-state index contributed by atoms with van der Waals surface area (Å²) >= 11 is 0. The fourth-order valence-electron chi connectivity index (χ4n) is 1.52. The van der Waals surface area contributed by atoms with Gasteiger partial charge in [-0.2, -0.15) is 0 Å². The van der Waals surface area contributed by atoms with Crippen molar-refractivity contribution in [3.63, 3.8) is 0 Å². The zero-order valence-corrected chi connectivity index (χ0v) is 10.1. The maximum atomic E-state index is 11.9. The number of alkyl halides is 3. The Hall–Kier alpha value is -1.52. The van der Waals surface area contributed by atoms with E-state index < -0.39 is 6.36 Å². The number of benzene rings is 1. The minimum atomic E-state index is -4.66. The minimum absolute atomic E-state index is 0.201. The molecule has 1 aromatic rings. The molecule has 0 radical (unpaired) electrons. The summed E-state index contributed by atoms with van der Waals surface area (Å²) in [6.07, 6.45) is -2.23. The van der Waals surface area contributed by atoms with Gasteiger partial charge < -0.3 is 4.74 Å². The molecule has 0 spiro atoms. The third-order valence-corrected chi connectivity index (χ3v) is 2.47. The van der Waals surface area contributed by atoms with Crippen LogP contribution in [0.25, 0.3) is 0 Å². The smallest absolute Gasteiger partial charge is 0.406 e. The third kappa shape index (κ3) is 5.70. The number of halogens is 3. The summed E-state index contributed by atoms with van der Waals surface area (Å²) in [6, 6.07) is 5.73. The molecule has 1 rings (SSSR count). The van der Waals surface area contributed by atoms with Crippen LogP contribution in [0.4, 0.5) is 13.2 Å². The minimum Gasteiger partial charge on any atom is -0.406 e. The number of aryl methyl sites for hydroxylation is 1. The van der Waals surface area contributed by atoms with Crippen molar-refractivity contribution < 1.29 is 22.7 Å². The summed E-state index contributed by atoms with van der Waals surface area (Å²) in [4.78, 5) is 11.1. The van der Waals surface area contributed by atoms with Gasteiger partial charge >= 0.3 is 6.36 Å². The normalized spacial score (nSPS) is 11.3. The molecule has 18 heavy (non-hydrogen) atoms. The fraction of sp³-hybridized carbons (Fsp3) is 0.462. The Kier molecular flexibility index (Phi) is 5.19. The van der Waals surface area contributed by atoms with Gasteiger partial charge in [0, 0.05) is 12.8 Å². The molecule has 0 aliphatic carbocycles. The van der Waals surface area contributed by atoms with Gasteiger partial charge in [-0.3, -0.25) is 4.79 Å². The summed E-state index contributed by atoms with van der Waals surface area (Å²) in [5.41, 5.74) is 0.897. The molecule has 0 amide bonds. The van der Waals surface area contributed by atoms with Crippen LogP contribution in [-0.2, 0) is 11.2 Å². The Morgan fingerprint density at radius 2 is 1.83 bits per heavy atom. The number of carbonyl (C=O) groups excluding carboxylic acids is 1. The number of carbonyl (C=O) groups is 1. The second-order valence-electron chi connectivity index (χ2n) is 3.94. The van der Waals surface area contributed by atoms with E-state index >= 15 is 0 Å². The van der Waals surface area contributed by atoms with Crippen LogP contribution in [-0.4, -0.2) is 12.1 Å². The van der Waals surface area contributed by atoms with E-state index in [2.05, 4.69) is 4.74 Å². The van der Waals surface area contributed by atoms with Gasteiger partial charge in [-0.1, -0.05) is 19.1 Å². The summed E-state index contributed by atoms with van der Waals surface area (Å²) in [5, 5.41) is 0. The highest BCUT2D eigenvalue weighted by molar-refractivity contribution is 5.77. The van der Waals surface area contributed by atoms with Crippen LogP contribution >= 0.6 is 0 Å². The number of Topliss-reactive ketones (excluding diaryl/α,β-unsaturated/α-hetero) is 1. The largest absolute Gasteiger partial charge is 0.573 e. The second kappa shape index (κ2) is 6.42. The number of ether oxygens (including phenoxy) is 1. The van der Waals surface area contributed by atoms with E-state index in [0.29, 0.717) is 25.7 Å². The Balaban J connectivity index is 2.43. The standard InChI is InChI=1S/C13H15F3O2/c1-2-11(17)5-3-4-10-6-8-12(9-7-10)18-13(14,15)16/h6-9H,2-5H2,1H3. The van der Waals surface area contributed by atoms with Crippen LogP contribution in [0.15, 0.2) is 24.3 Å². The molecule has 0 aromatic heterocycles. The van der Waals surface area contributed by atoms with Crippen molar-refractivity contribution in [2.75, 3.05) is 0 Å². The molecule has 0 atom stereocenters. The first-order valence-corrected chi connectivity index (χ1v) is 5.77. The molecule has 100 valence electrons. The molecule has 5 heteroatoms. The molecular weight excluding hydrogens is 245 g/mol. The van der Waals surface area contributed by atoms with Gasteiger partial charge in [0.25, 0.3) is 0 Å². The Bertz CT molecular complexity index is 382. The highest BCUT2D eigenvalue weighted by atomic mass is 19.4.